The fourth-order valence-electron chi connectivity index (χ4n) is 5.20. The molecule has 0 amide bonds. The van der Waals surface area contributed by atoms with E-state index in [1.807, 2.05) is 42.7 Å². The number of fused-ring (bicyclic) bond motifs is 2. The first-order chi connectivity index (χ1) is 15.6. The van der Waals surface area contributed by atoms with Gasteiger partial charge in [-0.25, -0.2) is 8.78 Å². The molecule has 162 valence electrons. The normalized spacial score (nSPS) is 20.5. The second-order valence-corrected chi connectivity index (χ2v) is 8.68. The van der Waals surface area contributed by atoms with Crippen LogP contribution < -0.4 is 4.90 Å². The summed E-state index contributed by atoms with van der Waals surface area (Å²) in [4.78, 5) is 8.34. The summed E-state index contributed by atoms with van der Waals surface area (Å²) < 4.78 is 30.1. The molecule has 0 bridgehead atoms. The van der Waals surface area contributed by atoms with Gasteiger partial charge in [0.15, 0.2) is 11.6 Å². The molecular formula is C27H25F2N3. The Hall–Kier alpha value is -3.23. The lowest BCUT2D eigenvalue weighted by Crippen LogP contribution is -2.57. The highest BCUT2D eigenvalue weighted by Gasteiger charge is 2.43. The molecule has 1 saturated heterocycles. The van der Waals surface area contributed by atoms with E-state index in [4.69, 9.17) is 0 Å². The van der Waals surface area contributed by atoms with Gasteiger partial charge in [-0.15, -0.1) is 0 Å². The van der Waals surface area contributed by atoms with Crippen LogP contribution in [0.5, 0.6) is 0 Å². The van der Waals surface area contributed by atoms with E-state index in [9.17, 15) is 0 Å². The first kappa shape index (κ1) is 20.7. The molecule has 0 unspecified atom stereocenters. The van der Waals surface area contributed by atoms with Gasteiger partial charge in [-0.2, -0.15) is 0 Å². The fraction of sp³-hybridized carbons (Fsp3) is 0.296. The Bertz CT molecular complexity index is 1180. The van der Waals surface area contributed by atoms with E-state index in [0.717, 1.165) is 31.2 Å². The molecule has 5 heteroatoms. The number of aromatic nitrogens is 1. The Morgan fingerprint density at radius 2 is 1.72 bits per heavy atom. The van der Waals surface area contributed by atoms with E-state index in [1.165, 1.54) is 23.3 Å². The lowest BCUT2D eigenvalue weighted by molar-refractivity contribution is 0.0625. The number of aryl methyl sites for hydroxylation is 1. The number of anilines is 1. The van der Waals surface area contributed by atoms with Crippen LogP contribution >= 0.6 is 0 Å². The van der Waals surface area contributed by atoms with E-state index >= 15 is 8.78 Å². The van der Waals surface area contributed by atoms with Gasteiger partial charge in [0, 0.05) is 35.6 Å². The second kappa shape index (κ2) is 8.37. The fourth-order valence-corrected chi connectivity index (χ4v) is 5.20. The quantitative estimate of drug-likeness (QED) is 0.502. The van der Waals surface area contributed by atoms with E-state index in [2.05, 4.69) is 34.8 Å². The van der Waals surface area contributed by atoms with Crippen LogP contribution in [-0.2, 0) is 12.0 Å². The minimum atomic E-state index is -0.569. The zero-order valence-corrected chi connectivity index (χ0v) is 18.1. The van der Waals surface area contributed by atoms with E-state index in [1.54, 1.807) is 4.90 Å². The predicted molar refractivity (Wildman–Crippen MR) is 122 cm³/mol. The van der Waals surface area contributed by atoms with Gasteiger partial charge in [0.2, 0.25) is 0 Å². The van der Waals surface area contributed by atoms with Gasteiger partial charge < -0.3 is 4.90 Å². The molecule has 3 nitrogen and oxygen atoms in total. The summed E-state index contributed by atoms with van der Waals surface area (Å²) >= 11 is 0. The first-order valence-corrected chi connectivity index (χ1v) is 11.0. The summed E-state index contributed by atoms with van der Waals surface area (Å²) in [6.45, 7) is 1.06. The number of hydrogen-bond donors (Lipinski definition) is 0. The molecule has 0 radical (unpaired) electrons. The van der Waals surface area contributed by atoms with Crippen molar-refractivity contribution in [3.8, 4) is 11.8 Å². The molecule has 0 saturated carbocycles. The molecule has 1 aromatic heterocycles. The minimum Gasteiger partial charge on any atom is -0.354 e. The average Bonchev–Trinajstić information content (AvgIpc) is 2.80. The van der Waals surface area contributed by atoms with Crippen molar-refractivity contribution < 1.29 is 8.78 Å². The van der Waals surface area contributed by atoms with Gasteiger partial charge in [0.1, 0.15) is 5.69 Å². The van der Waals surface area contributed by atoms with E-state index < -0.39 is 11.6 Å². The van der Waals surface area contributed by atoms with E-state index in [0.29, 0.717) is 18.8 Å². The van der Waals surface area contributed by atoms with Crippen LogP contribution in [0.25, 0.3) is 0 Å². The first-order valence-electron chi connectivity index (χ1n) is 11.0. The number of pyridine rings is 1. The molecule has 2 aliphatic rings. The maximum absolute atomic E-state index is 15.0. The third kappa shape index (κ3) is 3.65. The summed E-state index contributed by atoms with van der Waals surface area (Å²) in [5, 5.41) is 0. The highest BCUT2D eigenvalue weighted by atomic mass is 19.1. The molecule has 5 rings (SSSR count). The standard InChI is InChI=1S/C27H25F2N3/c1-31-19-32(15-13-27(31)12-5-8-22-18-30-14-11-23(22)27)26-24(28)16-21(17-25(26)29)10-9-20-6-3-2-4-7-20/h2-4,6-7,11,14,16-18H,5,8,12-13,15,19H2,1H3/t27-/m0/s1. The monoisotopic (exact) mass is 429 g/mol. The third-order valence-electron chi connectivity index (χ3n) is 6.81. The topological polar surface area (TPSA) is 19.4 Å². The molecule has 1 fully saturated rings. The molecule has 1 aliphatic carbocycles. The number of halogens is 2. The third-order valence-corrected chi connectivity index (χ3v) is 6.81. The van der Waals surface area contributed by atoms with Crippen molar-refractivity contribution in [2.75, 3.05) is 25.2 Å². The van der Waals surface area contributed by atoms with Gasteiger partial charge in [-0.1, -0.05) is 30.0 Å². The van der Waals surface area contributed by atoms with Crippen molar-refractivity contribution in [1.82, 2.24) is 9.88 Å². The summed E-state index contributed by atoms with van der Waals surface area (Å²) in [5.41, 5.74) is 3.68. The van der Waals surface area contributed by atoms with Crippen LogP contribution in [0, 0.1) is 23.5 Å². The van der Waals surface area contributed by atoms with Gasteiger partial charge in [-0.3, -0.25) is 9.88 Å². The van der Waals surface area contributed by atoms with Crippen LogP contribution in [-0.4, -0.2) is 30.1 Å². The van der Waals surface area contributed by atoms with Crippen molar-refractivity contribution in [3.63, 3.8) is 0 Å². The van der Waals surface area contributed by atoms with Crippen LogP contribution in [0.3, 0.4) is 0 Å². The Balaban J connectivity index is 1.40. The van der Waals surface area contributed by atoms with Crippen LogP contribution in [0.4, 0.5) is 14.5 Å². The second-order valence-electron chi connectivity index (χ2n) is 8.68. The van der Waals surface area contributed by atoms with Gasteiger partial charge >= 0.3 is 0 Å². The van der Waals surface area contributed by atoms with Gasteiger partial charge in [0.25, 0.3) is 0 Å². The summed E-state index contributed by atoms with van der Waals surface area (Å²) in [7, 11) is 2.05. The number of rotatable bonds is 1. The molecule has 1 atom stereocenters. The van der Waals surface area contributed by atoms with Gasteiger partial charge in [0.05, 0.1) is 6.67 Å². The van der Waals surface area contributed by atoms with Crippen molar-refractivity contribution in [3.05, 3.63) is 94.8 Å². The lowest BCUT2D eigenvalue weighted by Gasteiger charge is -2.52. The maximum atomic E-state index is 15.0. The van der Waals surface area contributed by atoms with Crippen molar-refractivity contribution in [2.45, 2.75) is 31.2 Å². The Morgan fingerprint density at radius 3 is 2.47 bits per heavy atom. The number of benzene rings is 2. The largest absolute Gasteiger partial charge is 0.354 e. The summed E-state index contributed by atoms with van der Waals surface area (Å²) in [6.07, 6.45) is 7.81. The molecule has 3 aromatic rings. The SMILES string of the molecule is CN1CN(c2c(F)cc(C#Cc3ccccc3)cc2F)CC[C@]12CCCc1cnccc12. The molecule has 1 spiro atoms. The average molecular weight is 430 g/mol. The molecular weight excluding hydrogens is 404 g/mol. The molecule has 0 N–H and O–H groups in total. The van der Waals surface area contributed by atoms with E-state index in [-0.39, 0.29) is 11.2 Å². The molecule has 1 aliphatic heterocycles. The van der Waals surface area contributed by atoms with Crippen molar-refractivity contribution in [2.24, 2.45) is 0 Å². The Labute approximate surface area is 187 Å². The smallest absolute Gasteiger partial charge is 0.150 e. The molecule has 2 heterocycles. The highest BCUT2D eigenvalue weighted by molar-refractivity contribution is 5.55. The van der Waals surface area contributed by atoms with Gasteiger partial charge in [-0.05, 0) is 74.2 Å². The zero-order chi connectivity index (χ0) is 22.1. The number of hydrogen-bond acceptors (Lipinski definition) is 3. The highest BCUT2D eigenvalue weighted by Crippen LogP contribution is 2.45. The lowest BCUT2D eigenvalue weighted by atomic mass is 9.73. The summed E-state index contributed by atoms with van der Waals surface area (Å²) in [6, 6.07) is 14.2. The van der Waals surface area contributed by atoms with Crippen LogP contribution in [0.15, 0.2) is 60.9 Å². The molecule has 32 heavy (non-hydrogen) atoms. The molecule has 2 aromatic carbocycles. The minimum absolute atomic E-state index is 0.0303. The van der Waals surface area contributed by atoms with Crippen LogP contribution in [0.1, 0.15) is 41.5 Å². The zero-order valence-electron chi connectivity index (χ0n) is 18.1. The number of nitrogens with zero attached hydrogens (tertiary/aromatic N) is 3. The Morgan fingerprint density at radius 1 is 0.969 bits per heavy atom. The van der Waals surface area contributed by atoms with Crippen LogP contribution in [0.2, 0.25) is 0 Å². The van der Waals surface area contributed by atoms with Crippen molar-refractivity contribution >= 4 is 5.69 Å². The Kier molecular flexibility index (Phi) is 5.40. The maximum Gasteiger partial charge on any atom is 0.150 e. The predicted octanol–water partition coefficient (Wildman–Crippen LogP) is 5.09. The summed E-state index contributed by atoms with van der Waals surface area (Å²) in [5.74, 6) is 4.69. The van der Waals surface area contributed by atoms with Crippen molar-refractivity contribution in [1.29, 1.82) is 0 Å².